The van der Waals surface area contributed by atoms with Gasteiger partial charge in [0.15, 0.2) is 5.82 Å². The third kappa shape index (κ3) is 4.01. The summed E-state index contributed by atoms with van der Waals surface area (Å²) in [7, 11) is 0. The van der Waals surface area contributed by atoms with Gasteiger partial charge in [-0.25, -0.2) is 9.78 Å². The molecule has 2 aliphatic rings. The van der Waals surface area contributed by atoms with Crippen LogP contribution in [0, 0.1) is 0 Å². The number of hydrogen-bond donors (Lipinski definition) is 2. The monoisotopic (exact) mass is 383 g/mol. The number of fused-ring (bicyclic) bond motifs is 1. The van der Waals surface area contributed by atoms with Crippen LogP contribution in [0.25, 0.3) is 11.4 Å². The van der Waals surface area contributed by atoms with E-state index in [4.69, 9.17) is 14.5 Å². The molecule has 1 aromatic heterocycles. The predicted octanol–water partition coefficient (Wildman–Crippen LogP) is 2.45. The van der Waals surface area contributed by atoms with Gasteiger partial charge in [0.1, 0.15) is 5.82 Å². The maximum atomic E-state index is 11.7. The zero-order valence-corrected chi connectivity index (χ0v) is 16.0. The fraction of sp³-hybridized carbons (Fsp3) is 0.450. The van der Waals surface area contributed by atoms with Crippen LogP contribution in [0.1, 0.15) is 18.9 Å². The predicted molar refractivity (Wildman–Crippen MR) is 107 cm³/mol. The molecule has 0 aliphatic carbocycles. The second kappa shape index (κ2) is 8.43. The standard InChI is InChI=1S/C20H25N5O3/c1-2-21-20(26)22-15-7-5-14(6-8-15)17-23-18(25-9-12-27-13-10-25)16-4-3-11-28-19(16)24-17/h5-8H,2-4,9-13H2,1H3,(H2,21,22,26). The molecule has 0 spiro atoms. The maximum absolute atomic E-state index is 11.7. The third-order valence-electron chi connectivity index (χ3n) is 4.81. The number of aromatic nitrogens is 2. The number of nitrogens with one attached hydrogen (secondary N) is 2. The Morgan fingerprint density at radius 3 is 2.68 bits per heavy atom. The van der Waals surface area contributed by atoms with Crippen molar-refractivity contribution in [3.63, 3.8) is 0 Å². The Morgan fingerprint density at radius 2 is 1.93 bits per heavy atom. The average molecular weight is 383 g/mol. The molecule has 0 atom stereocenters. The molecular formula is C20H25N5O3. The van der Waals surface area contributed by atoms with Gasteiger partial charge in [-0.1, -0.05) is 0 Å². The van der Waals surface area contributed by atoms with E-state index in [1.54, 1.807) is 0 Å². The molecule has 3 heterocycles. The molecule has 0 unspecified atom stereocenters. The van der Waals surface area contributed by atoms with Gasteiger partial charge in [-0.05, 0) is 44.0 Å². The summed E-state index contributed by atoms with van der Waals surface area (Å²) < 4.78 is 11.3. The molecule has 2 aromatic rings. The van der Waals surface area contributed by atoms with Gasteiger partial charge in [0, 0.05) is 30.9 Å². The third-order valence-corrected chi connectivity index (χ3v) is 4.81. The smallest absolute Gasteiger partial charge is 0.319 e. The van der Waals surface area contributed by atoms with Gasteiger partial charge in [-0.3, -0.25) is 0 Å². The number of morpholine rings is 1. The van der Waals surface area contributed by atoms with Crippen LogP contribution in [0.3, 0.4) is 0 Å². The van der Waals surface area contributed by atoms with Crippen molar-refractivity contribution in [2.24, 2.45) is 0 Å². The number of ether oxygens (including phenoxy) is 2. The van der Waals surface area contributed by atoms with Crippen molar-refractivity contribution in [1.82, 2.24) is 15.3 Å². The summed E-state index contributed by atoms with van der Waals surface area (Å²) in [5, 5.41) is 5.51. The Kier molecular flexibility index (Phi) is 5.57. The molecule has 2 amide bonds. The average Bonchev–Trinajstić information content (AvgIpc) is 2.74. The molecule has 148 valence electrons. The molecule has 0 bridgehead atoms. The highest BCUT2D eigenvalue weighted by molar-refractivity contribution is 5.89. The molecule has 8 nitrogen and oxygen atoms in total. The van der Waals surface area contributed by atoms with Crippen LogP contribution in [0.2, 0.25) is 0 Å². The molecule has 0 saturated carbocycles. The van der Waals surface area contributed by atoms with Crippen LogP contribution in [0.15, 0.2) is 24.3 Å². The number of hydrogen-bond acceptors (Lipinski definition) is 6. The number of carbonyl (C=O) groups excluding carboxylic acids is 1. The highest BCUT2D eigenvalue weighted by Gasteiger charge is 2.24. The fourth-order valence-electron chi connectivity index (χ4n) is 3.41. The van der Waals surface area contributed by atoms with Crippen molar-refractivity contribution >= 4 is 17.5 Å². The Labute approximate surface area is 164 Å². The lowest BCUT2D eigenvalue weighted by Gasteiger charge is -2.31. The highest BCUT2D eigenvalue weighted by atomic mass is 16.5. The first-order valence-electron chi connectivity index (χ1n) is 9.76. The van der Waals surface area contributed by atoms with Crippen molar-refractivity contribution < 1.29 is 14.3 Å². The number of anilines is 2. The lowest BCUT2D eigenvalue weighted by molar-refractivity contribution is 0.122. The van der Waals surface area contributed by atoms with Crippen LogP contribution < -0.4 is 20.3 Å². The molecule has 8 heteroatoms. The van der Waals surface area contributed by atoms with E-state index < -0.39 is 0 Å². The Bertz CT molecular complexity index is 834. The first-order valence-corrected chi connectivity index (χ1v) is 9.76. The van der Waals surface area contributed by atoms with Gasteiger partial charge in [0.25, 0.3) is 0 Å². The zero-order chi connectivity index (χ0) is 19.3. The van der Waals surface area contributed by atoms with Gasteiger partial charge in [0.05, 0.1) is 25.4 Å². The molecule has 4 rings (SSSR count). The van der Waals surface area contributed by atoms with E-state index in [2.05, 4.69) is 20.5 Å². The van der Waals surface area contributed by atoms with E-state index in [1.165, 1.54) is 0 Å². The van der Waals surface area contributed by atoms with Crippen molar-refractivity contribution in [2.75, 3.05) is 49.7 Å². The number of nitrogens with zero attached hydrogens (tertiary/aromatic N) is 3. The normalized spacial score (nSPS) is 16.1. The van der Waals surface area contributed by atoms with E-state index in [-0.39, 0.29) is 6.03 Å². The number of benzene rings is 1. The lowest BCUT2D eigenvalue weighted by Crippen LogP contribution is -2.38. The number of amides is 2. The van der Waals surface area contributed by atoms with Gasteiger partial charge in [0.2, 0.25) is 5.88 Å². The molecule has 28 heavy (non-hydrogen) atoms. The van der Waals surface area contributed by atoms with Crippen LogP contribution >= 0.6 is 0 Å². The SMILES string of the molecule is CCNC(=O)Nc1ccc(-c2nc3c(c(N4CCOCC4)n2)CCCO3)cc1. The summed E-state index contributed by atoms with van der Waals surface area (Å²) in [4.78, 5) is 23.5. The van der Waals surface area contributed by atoms with Crippen molar-refractivity contribution in [1.29, 1.82) is 0 Å². The quantitative estimate of drug-likeness (QED) is 0.843. The van der Waals surface area contributed by atoms with E-state index in [1.807, 2.05) is 31.2 Å². The zero-order valence-electron chi connectivity index (χ0n) is 16.0. The molecule has 2 N–H and O–H groups in total. The summed E-state index contributed by atoms with van der Waals surface area (Å²) >= 11 is 0. The molecule has 0 radical (unpaired) electrons. The summed E-state index contributed by atoms with van der Waals surface area (Å²) in [5.74, 6) is 2.27. The van der Waals surface area contributed by atoms with Crippen LogP contribution in [-0.2, 0) is 11.2 Å². The van der Waals surface area contributed by atoms with Crippen molar-refractivity contribution in [3.8, 4) is 17.3 Å². The first kappa shape index (κ1) is 18.5. The lowest BCUT2D eigenvalue weighted by atomic mass is 10.1. The number of carbonyl (C=O) groups is 1. The summed E-state index contributed by atoms with van der Waals surface area (Å²) in [6.07, 6.45) is 1.91. The molecule has 2 aliphatic heterocycles. The summed E-state index contributed by atoms with van der Waals surface area (Å²) in [6.45, 7) is 6.18. The fourth-order valence-corrected chi connectivity index (χ4v) is 3.41. The Morgan fingerprint density at radius 1 is 1.14 bits per heavy atom. The molecule has 1 aromatic carbocycles. The van der Waals surface area contributed by atoms with Gasteiger partial charge in [-0.15, -0.1) is 0 Å². The van der Waals surface area contributed by atoms with Crippen LogP contribution in [0.5, 0.6) is 5.88 Å². The minimum absolute atomic E-state index is 0.219. The minimum Gasteiger partial charge on any atom is -0.477 e. The van der Waals surface area contributed by atoms with Crippen molar-refractivity contribution in [2.45, 2.75) is 19.8 Å². The maximum Gasteiger partial charge on any atom is 0.319 e. The highest BCUT2D eigenvalue weighted by Crippen LogP contribution is 2.33. The van der Waals surface area contributed by atoms with Gasteiger partial charge in [-0.2, -0.15) is 4.98 Å². The van der Waals surface area contributed by atoms with Crippen molar-refractivity contribution in [3.05, 3.63) is 29.8 Å². The van der Waals surface area contributed by atoms with E-state index in [0.29, 0.717) is 38.1 Å². The van der Waals surface area contributed by atoms with Gasteiger partial charge >= 0.3 is 6.03 Å². The molecule has 1 fully saturated rings. The minimum atomic E-state index is -0.219. The van der Waals surface area contributed by atoms with Crippen LogP contribution in [-0.4, -0.2) is 55.5 Å². The number of urea groups is 1. The van der Waals surface area contributed by atoms with Crippen LogP contribution in [0.4, 0.5) is 16.3 Å². The second-order valence-corrected chi connectivity index (χ2v) is 6.77. The topological polar surface area (TPSA) is 88.6 Å². The van der Waals surface area contributed by atoms with Gasteiger partial charge < -0.3 is 25.0 Å². The summed E-state index contributed by atoms with van der Waals surface area (Å²) in [6, 6.07) is 7.30. The largest absolute Gasteiger partial charge is 0.477 e. The van der Waals surface area contributed by atoms with E-state index in [0.717, 1.165) is 48.6 Å². The molecular weight excluding hydrogens is 358 g/mol. The van der Waals surface area contributed by atoms with E-state index in [9.17, 15) is 4.79 Å². The first-order chi connectivity index (χ1) is 13.7. The Balaban J connectivity index is 1.63. The summed E-state index contributed by atoms with van der Waals surface area (Å²) in [5.41, 5.74) is 2.69. The van der Waals surface area contributed by atoms with E-state index >= 15 is 0 Å². The Hall–Kier alpha value is -2.87. The number of rotatable bonds is 4. The second-order valence-electron chi connectivity index (χ2n) is 6.77. The molecule has 1 saturated heterocycles.